The SMILES string of the molecule is CCCOc1cc(N2CCN(C(=O)CCl)CC2)ccc1Cl. The number of hydrogen-bond acceptors (Lipinski definition) is 3. The lowest BCUT2D eigenvalue weighted by molar-refractivity contribution is -0.128. The number of carbonyl (C=O) groups excluding carboxylic acids is 1. The fourth-order valence-electron chi connectivity index (χ4n) is 2.31. The van der Waals surface area contributed by atoms with Gasteiger partial charge < -0.3 is 14.5 Å². The summed E-state index contributed by atoms with van der Waals surface area (Å²) in [6.07, 6.45) is 0.944. The number of ether oxygens (including phenoxy) is 1. The molecule has 1 aliphatic heterocycles. The van der Waals surface area contributed by atoms with E-state index in [0.29, 0.717) is 24.7 Å². The highest BCUT2D eigenvalue weighted by molar-refractivity contribution is 6.32. The van der Waals surface area contributed by atoms with Crippen LogP contribution < -0.4 is 9.64 Å². The normalized spacial score (nSPS) is 15.2. The van der Waals surface area contributed by atoms with Crippen LogP contribution in [0.25, 0.3) is 0 Å². The Morgan fingerprint density at radius 2 is 2.00 bits per heavy atom. The van der Waals surface area contributed by atoms with Crippen molar-refractivity contribution in [2.24, 2.45) is 0 Å². The molecule has 1 saturated heterocycles. The smallest absolute Gasteiger partial charge is 0.237 e. The van der Waals surface area contributed by atoms with Crippen LogP contribution in [0.15, 0.2) is 18.2 Å². The highest BCUT2D eigenvalue weighted by Crippen LogP contribution is 2.30. The molecule has 0 atom stereocenters. The van der Waals surface area contributed by atoms with Crippen molar-refractivity contribution in [2.45, 2.75) is 13.3 Å². The molecule has 4 nitrogen and oxygen atoms in total. The molecule has 1 fully saturated rings. The van der Waals surface area contributed by atoms with Crippen molar-refractivity contribution in [2.75, 3.05) is 43.6 Å². The first kappa shape index (κ1) is 16.2. The lowest BCUT2D eigenvalue weighted by atomic mass is 10.2. The Hall–Kier alpha value is -1.13. The van der Waals surface area contributed by atoms with Crippen LogP contribution in [0.4, 0.5) is 5.69 Å². The van der Waals surface area contributed by atoms with E-state index in [0.717, 1.165) is 30.9 Å². The Balaban J connectivity index is 2.01. The molecule has 1 aromatic rings. The minimum absolute atomic E-state index is 0.000564. The molecule has 0 aliphatic carbocycles. The Labute approximate surface area is 135 Å². The zero-order chi connectivity index (χ0) is 15.2. The van der Waals surface area contributed by atoms with E-state index < -0.39 is 0 Å². The van der Waals surface area contributed by atoms with Gasteiger partial charge in [-0.15, -0.1) is 11.6 Å². The van der Waals surface area contributed by atoms with Gasteiger partial charge >= 0.3 is 0 Å². The molecular formula is C15H20Cl2N2O2. The summed E-state index contributed by atoms with van der Waals surface area (Å²) < 4.78 is 5.65. The lowest BCUT2D eigenvalue weighted by Gasteiger charge is -2.36. The van der Waals surface area contributed by atoms with Crippen LogP contribution in [-0.2, 0) is 4.79 Å². The van der Waals surface area contributed by atoms with Crippen LogP contribution in [0.5, 0.6) is 5.75 Å². The number of piperazine rings is 1. The molecule has 0 bridgehead atoms. The Morgan fingerprint density at radius 3 is 2.62 bits per heavy atom. The predicted octanol–water partition coefficient (Wildman–Crippen LogP) is 3.02. The molecule has 1 aromatic carbocycles. The Morgan fingerprint density at radius 1 is 1.29 bits per heavy atom. The summed E-state index contributed by atoms with van der Waals surface area (Å²) in [5.74, 6) is 0.769. The fourth-order valence-corrected chi connectivity index (χ4v) is 2.65. The Kier molecular flexibility index (Phi) is 6.00. The van der Waals surface area contributed by atoms with E-state index in [1.807, 2.05) is 18.2 Å². The third kappa shape index (κ3) is 4.17. The second-order valence-corrected chi connectivity index (χ2v) is 5.64. The summed E-state index contributed by atoms with van der Waals surface area (Å²) >= 11 is 11.7. The second kappa shape index (κ2) is 7.76. The minimum Gasteiger partial charge on any atom is -0.492 e. The number of carbonyl (C=O) groups is 1. The first-order chi connectivity index (χ1) is 10.2. The molecule has 116 valence electrons. The van der Waals surface area contributed by atoms with Crippen LogP contribution >= 0.6 is 23.2 Å². The number of rotatable bonds is 5. The average molecular weight is 331 g/mol. The van der Waals surface area contributed by atoms with E-state index in [-0.39, 0.29) is 11.8 Å². The minimum atomic E-state index is -0.000564. The van der Waals surface area contributed by atoms with Crippen LogP contribution in [0, 0.1) is 0 Å². The zero-order valence-corrected chi connectivity index (χ0v) is 13.7. The molecule has 0 spiro atoms. The van der Waals surface area contributed by atoms with Crippen molar-refractivity contribution >= 4 is 34.8 Å². The quantitative estimate of drug-likeness (QED) is 0.778. The van der Waals surface area contributed by atoms with Crippen molar-refractivity contribution in [3.05, 3.63) is 23.2 Å². The van der Waals surface area contributed by atoms with Crippen molar-refractivity contribution in [1.82, 2.24) is 4.90 Å². The number of benzene rings is 1. The Bertz CT molecular complexity index is 489. The molecule has 0 unspecified atom stereocenters. The van der Waals surface area contributed by atoms with Gasteiger partial charge in [-0.3, -0.25) is 4.79 Å². The zero-order valence-electron chi connectivity index (χ0n) is 12.1. The van der Waals surface area contributed by atoms with Crippen molar-refractivity contribution in [3.63, 3.8) is 0 Å². The third-order valence-electron chi connectivity index (χ3n) is 3.49. The van der Waals surface area contributed by atoms with Gasteiger partial charge in [0.1, 0.15) is 11.6 Å². The van der Waals surface area contributed by atoms with Gasteiger partial charge in [0.15, 0.2) is 0 Å². The molecule has 1 heterocycles. The summed E-state index contributed by atoms with van der Waals surface area (Å²) in [6, 6.07) is 5.81. The van der Waals surface area contributed by atoms with Gasteiger partial charge in [0.05, 0.1) is 11.6 Å². The van der Waals surface area contributed by atoms with E-state index in [9.17, 15) is 4.79 Å². The maximum atomic E-state index is 11.6. The molecule has 2 rings (SSSR count). The second-order valence-electron chi connectivity index (χ2n) is 4.96. The topological polar surface area (TPSA) is 32.8 Å². The number of hydrogen-bond donors (Lipinski definition) is 0. The van der Waals surface area contributed by atoms with Gasteiger partial charge in [0.2, 0.25) is 5.91 Å². The average Bonchev–Trinajstić information content (AvgIpc) is 2.53. The molecule has 0 aromatic heterocycles. The van der Waals surface area contributed by atoms with E-state index in [1.165, 1.54) is 0 Å². The number of nitrogens with zero attached hydrogens (tertiary/aromatic N) is 2. The third-order valence-corrected chi connectivity index (χ3v) is 4.03. The fraction of sp³-hybridized carbons (Fsp3) is 0.533. The summed E-state index contributed by atoms with van der Waals surface area (Å²) in [6.45, 7) is 5.68. The lowest BCUT2D eigenvalue weighted by Crippen LogP contribution is -2.49. The molecular weight excluding hydrogens is 311 g/mol. The predicted molar refractivity (Wildman–Crippen MR) is 86.8 cm³/mol. The number of anilines is 1. The highest BCUT2D eigenvalue weighted by Gasteiger charge is 2.21. The maximum Gasteiger partial charge on any atom is 0.237 e. The molecule has 21 heavy (non-hydrogen) atoms. The van der Waals surface area contributed by atoms with Crippen LogP contribution in [0.1, 0.15) is 13.3 Å². The van der Waals surface area contributed by atoms with Crippen molar-refractivity contribution < 1.29 is 9.53 Å². The molecule has 0 N–H and O–H groups in total. The standard InChI is InChI=1S/C15H20Cl2N2O2/c1-2-9-21-14-10-12(3-4-13(14)17)18-5-7-19(8-6-18)15(20)11-16/h3-4,10H,2,5-9,11H2,1H3. The summed E-state index contributed by atoms with van der Waals surface area (Å²) in [5, 5.41) is 0.628. The van der Waals surface area contributed by atoms with Gasteiger partial charge in [-0.2, -0.15) is 0 Å². The molecule has 0 radical (unpaired) electrons. The van der Waals surface area contributed by atoms with Gasteiger partial charge in [-0.25, -0.2) is 0 Å². The number of halogens is 2. The van der Waals surface area contributed by atoms with E-state index in [4.69, 9.17) is 27.9 Å². The molecule has 1 aliphatic rings. The summed E-state index contributed by atoms with van der Waals surface area (Å²) in [7, 11) is 0. The first-order valence-electron chi connectivity index (χ1n) is 7.16. The van der Waals surface area contributed by atoms with Gasteiger partial charge in [-0.1, -0.05) is 18.5 Å². The summed E-state index contributed by atoms with van der Waals surface area (Å²) in [4.78, 5) is 15.6. The monoisotopic (exact) mass is 330 g/mol. The van der Waals surface area contributed by atoms with Crippen LogP contribution in [-0.4, -0.2) is 49.5 Å². The first-order valence-corrected chi connectivity index (χ1v) is 8.08. The summed E-state index contributed by atoms with van der Waals surface area (Å²) in [5.41, 5.74) is 1.07. The van der Waals surface area contributed by atoms with Gasteiger partial charge in [0, 0.05) is 37.9 Å². The molecule has 6 heteroatoms. The van der Waals surface area contributed by atoms with Gasteiger partial charge in [-0.05, 0) is 18.6 Å². The maximum absolute atomic E-state index is 11.6. The molecule has 0 saturated carbocycles. The largest absolute Gasteiger partial charge is 0.492 e. The van der Waals surface area contributed by atoms with Gasteiger partial charge in [0.25, 0.3) is 0 Å². The van der Waals surface area contributed by atoms with E-state index in [1.54, 1.807) is 4.90 Å². The molecule has 1 amide bonds. The van der Waals surface area contributed by atoms with Crippen molar-refractivity contribution in [3.8, 4) is 5.75 Å². The van der Waals surface area contributed by atoms with Crippen LogP contribution in [0.3, 0.4) is 0 Å². The van der Waals surface area contributed by atoms with E-state index >= 15 is 0 Å². The van der Waals surface area contributed by atoms with E-state index in [2.05, 4.69) is 11.8 Å². The van der Waals surface area contributed by atoms with Crippen molar-refractivity contribution in [1.29, 1.82) is 0 Å². The number of amides is 1. The number of alkyl halides is 1. The van der Waals surface area contributed by atoms with Crippen LogP contribution in [0.2, 0.25) is 5.02 Å². The highest BCUT2D eigenvalue weighted by atomic mass is 35.5.